The van der Waals surface area contributed by atoms with E-state index >= 15 is 0 Å². The number of rotatable bonds is 5. The molecule has 1 atom stereocenters. The zero-order chi connectivity index (χ0) is 26.8. The number of nitrogens with zero attached hydrogens (tertiary/aromatic N) is 5. The van der Waals surface area contributed by atoms with Crippen molar-refractivity contribution in [2.45, 2.75) is 65.3 Å². The smallest absolute Gasteiger partial charge is 0.410 e. The Hall–Kier alpha value is -2.14. The van der Waals surface area contributed by atoms with Crippen LogP contribution in [0.5, 0.6) is 0 Å². The Morgan fingerprint density at radius 2 is 1.89 bits per heavy atom. The molecule has 3 fully saturated rings. The summed E-state index contributed by atoms with van der Waals surface area (Å²) in [7, 11) is 0. The summed E-state index contributed by atoms with van der Waals surface area (Å²) in [5.41, 5.74) is -0.320. The Balaban J connectivity index is 1.21. The van der Waals surface area contributed by atoms with Crippen LogP contribution >= 0.6 is 11.3 Å². The van der Waals surface area contributed by atoms with Gasteiger partial charge in [0.15, 0.2) is 0 Å². The van der Waals surface area contributed by atoms with E-state index < -0.39 is 18.2 Å². The molecule has 0 aromatic carbocycles. The van der Waals surface area contributed by atoms with Gasteiger partial charge in [0.2, 0.25) is 0 Å². The number of hydrogen-bond donors (Lipinski definition) is 0. The molecule has 204 valence electrons. The number of likely N-dealkylation sites (tertiary alicyclic amines) is 2. The van der Waals surface area contributed by atoms with E-state index in [1.165, 1.54) is 6.33 Å². The minimum atomic E-state index is -4.24. The first kappa shape index (κ1) is 26.5. The number of halogens is 3. The lowest BCUT2D eigenvalue weighted by atomic mass is 9.74. The van der Waals surface area contributed by atoms with Crippen molar-refractivity contribution >= 4 is 33.5 Å². The van der Waals surface area contributed by atoms with Crippen LogP contribution in [-0.4, -0.2) is 82.9 Å². The molecular weight excluding hydrogens is 503 g/mol. The van der Waals surface area contributed by atoms with Gasteiger partial charge < -0.3 is 14.5 Å². The highest BCUT2D eigenvalue weighted by Gasteiger charge is 2.53. The molecule has 2 aromatic heterocycles. The van der Waals surface area contributed by atoms with E-state index in [9.17, 15) is 18.0 Å². The van der Waals surface area contributed by atoms with Gasteiger partial charge in [-0.3, -0.25) is 4.90 Å². The van der Waals surface area contributed by atoms with Gasteiger partial charge in [0.25, 0.3) is 0 Å². The van der Waals surface area contributed by atoms with Crippen LogP contribution in [0.3, 0.4) is 0 Å². The Morgan fingerprint density at radius 1 is 1.19 bits per heavy atom. The first-order chi connectivity index (χ1) is 17.2. The molecule has 7 nitrogen and oxygen atoms in total. The van der Waals surface area contributed by atoms with Gasteiger partial charge in [-0.15, -0.1) is 11.3 Å². The molecule has 0 N–H and O–H groups in total. The maximum absolute atomic E-state index is 12.9. The van der Waals surface area contributed by atoms with E-state index in [-0.39, 0.29) is 16.4 Å². The Bertz CT molecular complexity index is 1150. The van der Waals surface area contributed by atoms with Crippen molar-refractivity contribution in [3.63, 3.8) is 0 Å². The topological polar surface area (TPSA) is 61.8 Å². The van der Waals surface area contributed by atoms with E-state index in [4.69, 9.17) is 4.74 Å². The molecule has 0 radical (unpaired) electrons. The summed E-state index contributed by atoms with van der Waals surface area (Å²) in [4.78, 5) is 28.6. The first-order valence-electron chi connectivity index (χ1n) is 13.0. The second kappa shape index (κ2) is 9.25. The van der Waals surface area contributed by atoms with Gasteiger partial charge in [-0.2, -0.15) is 13.2 Å². The number of amides is 1. The number of aromatic nitrogens is 2. The van der Waals surface area contributed by atoms with Crippen molar-refractivity contribution in [3.05, 3.63) is 17.3 Å². The summed E-state index contributed by atoms with van der Waals surface area (Å²) < 4.78 is 44.3. The quantitative estimate of drug-likeness (QED) is 0.521. The fourth-order valence-electron chi connectivity index (χ4n) is 6.30. The lowest BCUT2D eigenvalue weighted by Crippen LogP contribution is -2.68. The number of anilines is 1. The number of hydrogen-bond acceptors (Lipinski definition) is 7. The zero-order valence-corrected chi connectivity index (χ0v) is 23.0. The summed E-state index contributed by atoms with van der Waals surface area (Å²) in [6, 6.07) is 2.02. The van der Waals surface area contributed by atoms with Crippen LogP contribution in [0.25, 0.3) is 10.2 Å². The summed E-state index contributed by atoms with van der Waals surface area (Å²) in [6.45, 7) is 15.3. The standard InChI is InChI=1S/C26H36F3N5O2S/c1-16(2)20(17-10-33(11-17)23(35)36-24(3,4)5)34-13-25(14-34)6-7-32(12-25)21-19-8-18(9-26(27,28)29)37-22(19)31-15-30-21/h8,15-17,20H,6-7,9-14H2,1-5H3. The van der Waals surface area contributed by atoms with Crippen LogP contribution in [0.4, 0.5) is 23.8 Å². The molecule has 37 heavy (non-hydrogen) atoms. The summed E-state index contributed by atoms with van der Waals surface area (Å²) in [5.74, 6) is 1.65. The molecular formula is C26H36F3N5O2S. The van der Waals surface area contributed by atoms with Crippen LogP contribution < -0.4 is 4.90 Å². The molecule has 0 bridgehead atoms. The predicted molar refractivity (Wildman–Crippen MR) is 138 cm³/mol. The molecule has 3 saturated heterocycles. The molecule has 0 aliphatic carbocycles. The molecule has 5 rings (SSSR count). The van der Waals surface area contributed by atoms with Gasteiger partial charge in [0.1, 0.15) is 22.6 Å². The Morgan fingerprint density at radius 3 is 2.51 bits per heavy atom. The normalized spacial score (nSPS) is 21.5. The van der Waals surface area contributed by atoms with E-state index in [2.05, 4.69) is 33.6 Å². The first-order valence-corrected chi connectivity index (χ1v) is 13.8. The van der Waals surface area contributed by atoms with Gasteiger partial charge in [-0.05, 0) is 39.2 Å². The molecule has 1 amide bonds. The fraction of sp³-hybridized carbons (Fsp3) is 0.731. The number of alkyl halides is 3. The number of carbonyl (C=O) groups is 1. The third-order valence-electron chi connectivity index (χ3n) is 7.70. The van der Waals surface area contributed by atoms with E-state index in [1.54, 1.807) is 11.0 Å². The SMILES string of the molecule is CC(C)C(C1CN(C(=O)OC(C)(C)C)C1)N1CC2(CCN(c3ncnc4sc(CC(F)(F)F)cc34)C2)C1. The number of carbonyl (C=O) groups excluding carboxylic acids is 1. The highest BCUT2D eigenvalue weighted by atomic mass is 32.1. The molecule has 2 aromatic rings. The molecule has 1 unspecified atom stereocenters. The number of fused-ring (bicyclic) bond motifs is 1. The monoisotopic (exact) mass is 539 g/mol. The minimum Gasteiger partial charge on any atom is -0.444 e. The Labute approximate surface area is 220 Å². The Kier molecular flexibility index (Phi) is 6.62. The third-order valence-corrected chi connectivity index (χ3v) is 8.74. The van der Waals surface area contributed by atoms with Crippen LogP contribution in [0.15, 0.2) is 12.4 Å². The van der Waals surface area contributed by atoms with Crippen molar-refractivity contribution in [3.8, 4) is 0 Å². The van der Waals surface area contributed by atoms with E-state index in [0.29, 0.717) is 22.7 Å². The van der Waals surface area contributed by atoms with Crippen LogP contribution in [0.2, 0.25) is 0 Å². The highest BCUT2D eigenvalue weighted by molar-refractivity contribution is 7.18. The van der Waals surface area contributed by atoms with Crippen molar-refractivity contribution in [2.24, 2.45) is 17.3 Å². The van der Waals surface area contributed by atoms with Crippen molar-refractivity contribution < 1.29 is 22.7 Å². The lowest BCUT2D eigenvalue weighted by Gasteiger charge is -2.57. The highest BCUT2D eigenvalue weighted by Crippen LogP contribution is 2.46. The fourth-order valence-corrected chi connectivity index (χ4v) is 7.32. The van der Waals surface area contributed by atoms with Crippen LogP contribution in [0, 0.1) is 17.3 Å². The van der Waals surface area contributed by atoms with Gasteiger partial charge in [-0.1, -0.05) is 13.8 Å². The largest absolute Gasteiger partial charge is 0.444 e. The predicted octanol–water partition coefficient (Wildman–Crippen LogP) is 5.20. The number of ether oxygens (including phenoxy) is 1. The molecule has 1 spiro atoms. The van der Waals surface area contributed by atoms with Gasteiger partial charge in [0, 0.05) is 61.5 Å². The second-order valence-corrected chi connectivity index (χ2v) is 13.5. The summed E-state index contributed by atoms with van der Waals surface area (Å²) in [5, 5.41) is 0.719. The van der Waals surface area contributed by atoms with Crippen molar-refractivity contribution in [1.82, 2.24) is 19.8 Å². The summed E-state index contributed by atoms with van der Waals surface area (Å²) in [6.07, 6.45) is -2.91. The second-order valence-electron chi connectivity index (χ2n) is 12.4. The minimum absolute atomic E-state index is 0.170. The van der Waals surface area contributed by atoms with Gasteiger partial charge in [0.05, 0.1) is 11.8 Å². The van der Waals surface area contributed by atoms with Crippen molar-refractivity contribution in [1.29, 1.82) is 0 Å². The molecule has 3 aliphatic rings. The van der Waals surface area contributed by atoms with Crippen molar-refractivity contribution in [2.75, 3.05) is 44.2 Å². The average molecular weight is 540 g/mol. The lowest BCUT2D eigenvalue weighted by molar-refractivity contribution is -0.126. The maximum Gasteiger partial charge on any atom is 0.410 e. The van der Waals surface area contributed by atoms with Crippen LogP contribution in [-0.2, 0) is 11.2 Å². The van der Waals surface area contributed by atoms with Gasteiger partial charge >= 0.3 is 12.3 Å². The van der Waals surface area contributed by atoms with Crippen LogP contribution in [0.1, 0.15) is 45.9 Å². The van der Waals surface area contributed by atoms with Gasteiger partial charge in [-0.25, -0.2) is 14.8 Å². The third kappa shape index (κ3) is 5.53. The van der Waals surface area contributed by atoms with E-state index in [0.717, 1.165) is 68.2 Å². The average Bonchev–Trinajstić information content (AvgIpc) is 3.30. The molecule has 5 heterocycles. The summed E-state index contributed by atoms with van der Waals surface area (Å²) >= 11 is 1.10. The zero-order valence-electron chi connectivity index (χ0n) is 22.1. The number of thiophene rings is 1. The maximum atomic E-state index is 12.9. The molecule has 0 saturated carbocycles. The molecule has 11 heteroatoms. The molecule has 3 aliphatic heterocycles. The van der Waals surface area contributed by atoms with E-state index in [1.807, 2.05) is 20.8 Å².